The number of carbonyl (C=O) groups excluding carboxylic acids is 2. The second kappa shape index (κ2) is 12.4. The molecule has 4 N–H and O–H groups in total. The van der Waals surface area contributed by atoms with Crippen LogP contribution in [0.1, 0.15) is 44.7 Å². The molecule has 3 aromatic carbocycles. The van der Waals surface area contributed by atoms with Gasteiger partial charge in [0.05, 0.1) is 28.3 Å². The number of benzene rings is 3. The standard InChI is InChI=1S/C28H25ClF3N5O3.ClH/c1-15-21(29)9-4-10-22(15)35-26(39)19-12-16(34-25(38)18-7-2-3-8-20(18)28(30,31)32)13-23-24(19)37-27(36-23)33-14-17-6-5-11-40-17;/h2-4,7-10,12-13,17H,5-6,11,14H2,1H3,(H,34,38)(H,35,39)(H2,33,36,37);1H/t17-;/m1./s1. The fraction of sp³-hybridized carbons (Fsp3) is 0.250. The number of ether oxygens (including phenoxy) is 1. The number of aromatic nitrogens is 2. The first-order chi connectivity index (χ1) is 19.1. The maximum absolute atomic E-state index is 13.5. The summed E-state index contributed by atoms with van der Waals surface area (Å²) in [4.78, 5) is 34.0. The van der Waals surface area contributed by atoms with Crippen molar-refractivity contribution >= 4 is 64.2 Å². The highest BCUT2D eigenvalue weighted by atomic mass is 35.5. The van der Waals surface area contributed by atoms with E-state index in [4.69, 9.17) is 16.3 Å². The maximum Gasteiger partial charge on any atom is 0.417 e. The van der Waals surface area contributed by atoms with Gasteiger partial charge in [-0.1, -0.05) is 29.8 Å². The SMILES string of the molecule is Cc1c(Cl)cccc1NC(=O)c1cc(NC(=O)c2ccccc2C(F)(F)F)cc2[nH]c(NC[C@H]3CCCO3)nc12.Cl. The average molecular weight is 608 g/mol. The summed E-state index contributed by atoms with van der Waals surface area (Å²) >= 11 is 6.20. The van der Waals surface area contributed by atoms with Crippen molar-refractivity contribution in [2.24, 2.45) is 0 Å². The Kier molecular flexibility index (Phi) is 9.11. The van der Waals surface area contributed by atoms with Crippen LogP contribution in [0.25, 0.3) is 11.0 Å². The number of carbonyl (C=O) groups is 2. The molecule has 1 atom stereocenters. The molecule has 0 spiro atoms. The predicted octanol–water partition coefficient (Wildman–Crippen LogP) is 7.06. The summed E-state index contributed by atoms with van der Waals surface area (Å²) < 4.78 is 46.2. The molecule has 2 heterocycles. The monoisotopic (exact) mass is 607 g/mol. The van der Waals surface area contributed by atoms with E-state index >= 15 is 0 Å². The highest BCUT2D eigenvalue weighted by Crippen LogP contribution is 2.33. The molecule has 1 aliphatic rings. The summed E-state index contributed by atoms with van der Waals surface area (Å²) in [6, 6.07) is 12.4. The molecule has 216 valence electrons. The molecule has 2 amide bonds. The van der Waals surface area contributed by atoms with Crippen molar-refractivity contribution < 1.29 is 27.5 Å². The molecular formula is C28H26Cl2F3N5O3. The molecule has 1 aromatic heterocycles. The van der Waals surface area contributed by atoms with E-state index in [9.17, 15) is 22.8 Å². The number of rotatable bonds is 7. The van der Waals surface area contributed by atoms with Gasteiger partial charge in [0.1, 0.15) is 5.52 Å². The van der Waals surface area contributed by atoms with E-state index in [1.54, 1.807) is 25.1 Å². The van der Waals surface area contributed by atoms with Gasteiger partial charge in [0.25, 0.3) is 11.8 Å². The van der Waals surface area contributed by atoms with Crippen LogP contribution in [0.3, 0.4) is 0 Å². The Bertz CT molecular complexity index is 1590. The van der Waals surface area contributed by atoms with Gasteiger partial charge >= 0.3 is 6.18 Å². The number of hydrogen-bond acceptors (Lipinski definition) is 5. The van der Waals surface area contributed by atoms with Crippen LogP contribution in [0.4, 0.5) is 30.5 Å². The molecule has 0 saturated carbocycles. The van der Waals surface area contributed by atoms with E-state index in [0.717, 1.165) is 25.0 Å². The lowest BCUT2D eigenvalue weighted by atomic mass is 10.1. The Balaban J connectivity index is 0.00000387. The molecule has 1 saturated heterocycles. The average Bonchev–Trinajstić information content (AvgIpc) is 3.59. The lowest BCUT2D eigenvalue weighted by Crippen LogP contribution is -2.19. The van der Waals surface area contributed by atoms with E-state index in [2.05, 4.69) is 25.9 Å². The number of anilines is 3. The van der Waals surface area contributed by atoms with Gasteiger partial charge in [0.2, 0.25) is 5.95 Å². The minimum absolute atomic E-state index is 0. The van der Waals surface area contributed by atoms with E-state index in [0.29, 0.717) is 46.4 Å². The molecule has 0 bridgehead atoms. The van der Waals surface area contributed by atoms with Crippen molar-refractivity contribution in [1.29, 1.82) is 0 Å². The van der Waals surface area contributed by atoms with Crippen LogP contribution < -0.4 is 16.0 Å². The minimum Gasteiger partial charge on any atom is -0.376 e. The third-order valence-corrected chi connectivity index (χ3v) is 7.01. The number of alkyl halides is 3. The zero-order chi connectivity index (χ0) is 28.4. The summed E-state index contributed by atoms with van der Waals surface area (Å²) in [6.45, 7) is 2.95. The van der Waals surface area contributed by atoms with Crippen LogP contribution in [0.5, 0.6) is 0 Å². The van der Waals surface area contributed by atoms with Crippen LogP contribution in [0, 0.1) is 6.92 Å². The van der Waals surface area contributed by atoms with Crippen LogP contribution in [-0.4, -0.2) is 41.0 Å². The third-order valence-electron chi connectivity index (χ3n) is 6.60. The summed E-state index contributed by atoms with van der Waals surface area (Å²) in [5, 5.41) is 8.94. The zero-order valence-electron chi connectivity index (χ0n) is 21.7. The van der Waals surface area contributed by atoms with Gasteiger partial charge in [-0.2, -0.15) is 13.2 Å². The van der Waals surface area contributed by atoms with Crippen LogP contribution in [0.2, 0.25) is 5.02 Å². The molecular weight excluding hydrogens is 582 g/mol. The molecule has 5 rings (SSSR count). The quantitative estimate of drug-likeness (QED) is 0.180. The Labute approximate surface area is 244 Å². The molecule has 1 fully saturated rings. The first-order valence-corrected chi connectivity index (χ1v) is 12.9. The number of aromatic amines is 1. The molecule has 0 aliphatic carbocycles. The fourth-order valence-corrected chi connectivity index (χ4v) is 4.70. The number of halogens is 5. The van der Waals surface area contributed by atoms with Gasteiger partial charge in [0, 0.05) is 29.5 Å². The smallest absolute Gasteiger partial charge is 0.376 e. The van der Waals surface area contributed by atoms with E-state index < -0.39 is 29.1 Å². The zero-order valence-corrected chi connectivity index (χ0v) is 23.3. The van der Waals surface area contributed by atoms with Crippen molar-refractivity contribution in [3.8, 4) is 0 Å². The third kappa shape index (κ3) is 6.75. The summed E-state index contributed by atoms with van der Waals surface area (Å²) in [5.41, 5.74) is 0.429. The lowest BCUT2D eigenvalue weighted by molar-refractivity contribution is -0.137. The number of imidazole rings is 1. The minimum atomic E-state index is -4.72. The van der Waals surface area contributed by atoms with Crippen molar-refractivity contribution in [2.75, 3.05) is 29.1 Å². The van der Waals surface area contributed by atoms with Gasteiger partial charge < -0.3 is 25.7 Å². The maximum atomic E-state index is 13.5. The molecule has 4 aromatic rings. The number of H-pyrrole nitrogens is 1. The van der Waals surface area contributed by atoms with Gasteiger partial charge in [-0.15, -0.1) is 12.4 Å². The van der Waals surface area contributed by atoms with E-state index in [-0.39, 0.29) is 29.8 Å². The van der Waals surface area contributed by atoms with Gasteiger partial charge in [-0.25, -0.2) is 4.98 Å². The Morgan fingerprint density at radius 3 is 2.56 bits per heavy atom. The van der Waals surface area contributed by atoms with Crippen LogP contribution in [-0.2, 0) is 10.9 Å². The summed E-state index contributed by atoms with van der Waals surface area (Å²) in [5.74, 6) is -1.13. The number of nitrogens with one attached hydrogen (secondary N) is 4. The van der Waals surface area contributed by atoms with Crippen LogP contribution >= 0.6 is 24.0 Å². The Morgan fingerprint density at radius 2 is 1.83 bits per heavy atom. The lowest BCUT2D eigenvalue weighted by Gasteiger charge is -2.14. The largest absolute Gasteiger partial charge is 0.417 e. The Morgan fingerprint density at radius 1 is 1.07 bits per heavy atom. The normalized spacial score (nSPS) is 14.9. The van der Waals surface area contributed by atoms with E-state index in [1.807, 2.05) is 0 Å². The van der Waals surface area contributed by atoms with Crippen molar-refractivity contribution in [3.63, 3.8) is 0 Å². The van der Waals surface area contributed by atoms with Gasteiger partial charge in [0.15, 0.2) is 0 Å². The highest BCUT2D eigenvalue weighted by molar-refractivity contribution is 6.31. The molecule has 8 nitrogen and oxygen atoms in total. The van der Waals surface area contributed by atoms with Gasteiger partial charge in [-0.3, -0.25) is 9.59 Å². The molecule has 1 aliphatic heterocycles. The first-order valence-electron chi connectivity index (χ1n) is 12.5. The number of fused-ring (bicyclic) bond motifs is 1. The van der Waals surface area contributed by atoms with E-state index in [1.165, 1.54) is 24.3 Å². The number of amides is 2. The predicted molar refractivity (Wildman–Crippen MR) is 154 cm³/mol. The molecule has 13 heteroatoms. The second-order valence-electron chi connectivity index (χ2n) is 9.39. The number of nitrogens with zero attached hydrogens (tertiary/aromatic N) is 1. The van der Waals surface area contributed by atoms with Crippen molar-refractivity contribution in [2.45, 2.75) is 32.0 Å². The highest BCUT2D eigenvalue weighted by Gasteiger charge is 2.35. The number of hydrogen-bond donors (Lipinski definition) is 4. The Hall–Kier alpha value is -3.80. The molecule has 41 heavy (non-hydrogen) atoms. The molecule has 0 unspecified atom stereocenters. The topological polar surface area (TPSA) is 108 Å². The van der Waals surface area contributed by atoms with Gasteiger partial charge in [-0.05, 0) is 61.7 Å². The fourth-order valence-electron chi connectivity index (χ4n) is 4.52. The second-order valence-corrected chi connectivity index (χ2v) is 9.79. The first kappa shape index (κ1) is 30.2. The molecule has 0 radical (unpaired) electrons. The summed E-state index contributed by atoms with van der Waals surface area (Å²) in [7, 11) is 0. The summed E-state index contributed by atoms with van der Waals surface area (Å²) in [6.07, 6.45) is -2.80. The van der Waals surface area contributed by atoms with Crippen LogP contribution in [0.15, 0.2) is 54.6 Å². The van der Waals surface area contributed by atoms with Crippen molar-refractivity contribution in [1.82, 2.24) is 9.97 Å². The van der Waals surface area contributed by atoms with Crippen molar-refractivity contribution in [3.05, 3.63) is 81.9 Å².